The maximum atomic E-state index is 2.26. The monoisotopic (exact) mass is 178 g/mol. The molecule has 1 aromatic carbocycles. The van der Waals surface area contributed by atoms with Crippen LogP contribution in [0.4, 0.5) is 0 Å². The largest absolute Gasteiger partial charge is 0.0683 e. The normalized spacial score (nSPS) is 9.38. The van der Waals surface area contributed by atoms with Crippen LogP contribution in [0.15, 0.2) is 24.3 Å². The van der Waals surface area contributed by atoms with Gasteiger partial charge >= 0.3 is 0 Å². The van der Waals surface area contributed by atoms with Gasteiger partial charge in [-0.05, 0) is 24.8 Å². The van der Waals surface area contributed by atoms with Crippen LogP contribution in [-0.4, -0.2) is 0 Å². The molecule has 1 rings (SSSR count). The smallest absolute Gasteiger partial charge is 0.0256 e. The number of rotatable bonds is 2. The van der Waals surface area contributed by atoms with Gasteiger partial charge in [-0.15, -0.1) is 0 Å². The molecule has 0 unspecified atom stereocenters. The van der Waals surface area contributed by atoms with Crippen molar-refractivity contribution in [2.75, 3.05) is 0 Å². The van der Waals surface area contributed by atoms with Crippen molar-refractivity contribution in [3.05, 3.63) is 35.4 Å². The average Bonchev–Trinajstić information content (AvgIpc) is 2.06. The van der Waals surface area contributed by atoms with Gasteiger partial charge < -0.3 is 0 Å². The Hall–Kier alpha value is -0.780. The third-order valence-electron chi connectivity index (χ3n) is 1.73. The zero-order valence-corrected chi connectivity index (χ0v) is 9.59. The summed E-state index contributed by atoms with van der Waals surface area (Å²) in [4.78, 5) is 0. The molecular weight excluding hydrogens is 156 g/mol. The second-order valence-electron chi connectivity index (χ2n) is 3.59. The predicted octanol–water partition coefficient (Wildman–Crippen LogP) is 4.22. The maximum absolute atomic E-state index is 2.26. The van der Waals surface area contributed by atoms with E-state index >= 15 is 0 Å². The summed E-state index contributed by atoms with van der Waals surface area (Å²) in [5.41, 5.74) is 2.82. The zero-order chi connectivity index (χ0) is 10.3. The minimum Gasteiger partial charge on any atom is -0.0683 e. The lowest BCUT2D eigenvalue weighted by molar-refractivity contribution is 0.647. The molecule has 0 heteroatoms. The molecular formula is C13H22. The standard InChI is InChI=1S/C11H16.C2H6/c1-9(2)7-11-6-4-5-10(3)8-11;1-2/h4-6,8-9H,7H2,1-3H3;1-2H3. The Morgan fingerprint density at radius 1 is 1.15 bits per heavy atom. The van der Waals surface area contributed by atoms with Crippen LogP contribution in [-0.2, 0) is 6.42 Å². The highest BCUT2D eigenvalue weighted by Gasteiger charge is 1.96. The van der Waals surface area contributed by atoms with Gasteiger partial charge in [0.1, 0.15) is 0 Å². The first-order chi connectivity index (χ1) is 6.18. The molecule has 0 bridgehead atoms. The number of hydrogen-bond donors (Lipinski definition) is 0. The molecule has 74 valence electrons. The lowest BCUT2D eigenvalue weighted by Gasteiger charge is -2.04. The van der Waals surface area contributed by atoms with Crippen molar-refractivity contribution in [3.8, 4) is 0 Å². The number of benzene rings is 1. The molecule has 0 heterocycles. The van der Waals surface area contributed by atoms with E-state index in [-0.39, 0.29) is 0 Å². The highest BCUT2D eigenvalue weighted by atomic mass is 14.0. The van der Waals surface area contributed by atoms with Crippen molar-refractivity contribution < 1.29 is 0 Å². The summed E-state index contributed by atoms with van der Waals surface area (Å²) in [5.74, 6) is 0.761. The molecule has 1 aromatic rings. The SMILES string of the molecule is CC.Cc1cccc(CC(C)C)c1. The first-order valence-corrected chi connectivity index (χ1v) is 5.24. The fourth-order valence-electron chi connectivity index (χ4n) is 1.31. The summed E-state index contributed by atoms with van der Waals surface area (Å²) in [6, 6.07) is 8.74. The molecule has 0 aliphatic carbocycles. The highest BCUT2D eigenvalue weighted by Crippen LogP contribution is 2.09. The fourth-order valence-corrected chi connectivity index (χ4v) is 1.31. The van der Waals surface area contributed by atoms with Gasteiger partial charge in [0, 0.05) is 0 Å². The van der Waals surface area contributed by atoms with Crippen LogP contribution in [0.5, 0.6) is 0 Å². The molecule has 0 saturated heterocycles. The minimum atomic E-state index is 0.761. The molecule has 0 aliphatic rings. The molecule has 0 radical (unpaired) electrons. The molecule has 0 atom stereocenters. The van der Waals surface area contributed by atoms with Gasteiger partial charge in [0.25, 0.3) is 0 Å². The van der Waals surface area contributed by atoms with E-state index < -0.39 is 0 Å². The first-order valence-electron chi connectivity index (χ1n) is 5.24. The molecule has 0 saturated carbocycles. The third kappa shape index (κ3) is 5.46. The van der Waals surface area contributed by atoms with Crippen LogP contribution < -0.4 is 0 Å². The van der Waals surface area contributed by atoms with Gasteiger partial charge in [-0.3, -0.25) is 0 Å². The van der Waals surface area contributed by atoms with E-state index in [4.69, 9.17) is 0 Å². The molecule has 13 heavy (non-hydrogen) atoms. The lowest BCUT2D eigenvalue weighted by atomic mass is 10.0. The van der Waals surface area contributed by atoms with Crippen molar-refractivity contribution >= 4 is 0 Å². The molecule has 0 fully saturated rings. The Balaban J connectivity index is 0.000000671. The second kappa shape index (κ2) is 6.71. The Bertz CT molecular complexity index is 223. The molecule has 0 nitrogen and oxygen atoms in total. The first kappa shape index (κ1) is 12.2. The van der Waals surface area contributed by atoms with Gasteiger partial charge in [-0.1, -0.05) is 57.5 Å². The van der Waals surface area contributed by atoms with E-state index in [2.05, 4.69) is 45.0 Å². The minimum absolute atomic E-state index is 0.761. The quantitative estimate of drug-likeness (QED) is 0.636. The van der Waals surface area contributed by atoms with E-state index in [9.17, 15) is 0 Å². The lowest BCUT2D eigenvalue weighted by Crippen LogP contribution is -1.93. The van der Waals surface area contributed by atoms with E-state index in [1.54, 1.807) is 0 Å². The molecule has 0 N–H and O–H groups in total. The topological polar surface area (TPSA) is 0 Å². The number of aryl methyl sites for hydroxylation is 1. The van der Waals surface area contributed by atoms with Gasteiger partial charge in [0.2, 0.25) is 0 Å². The van der Waals surface area contributed by atoms with Gasteiger partial charge in [0.05, 0.1) is 0 Å². The maximum Gasteiger partial charge on any atom is -0.0256 e. The van der Waals surface area contributed by atoms with Crippen LogP contribution in [0.25, 0.3) is 0 Å². The Morgan fingerprint density at radius 3 is 2.23 bits per heavy atom. The predicted molar refractivity (Wildman–Crippen MR) is 61.1 cm³/mol. The highest BCUT2D eigenvalue weighted by molar-refractivity contribution is 5.22. The van der Waals surface area contributed by atoms with Gasteiger partial charge in [-0.2, -0.15) is 0 Å². The van der Waals surface area contributed by atoms with Crippen LogP contribution >= 0.6 is 0 Å². The summed E-state index contributed by atoms with van der Waals surface area (Å²) in [6.07, 6.45) is 1.20. The molecule has 0 amide bonds. The van der Waals surface area contributed by atoms with Gasteiger partial charge in [-0.25, -0.2) is 0 Å². The Labute approximate surface area is 83.0 Å². The summed E-state index contributed by atoms with van der Waals surface area (Å²) in [5, 5.41) is 0. The summed E-state index contributed by atoms with van der Waals surface area (Å²) >= 11 is 0. The second-order valence-corrected chi connectivity index (χ2v) is 3.59. The number of hydrogen-bond acceptors (Lipinski definition) is 0. The van der Waals surface area contributed by atoms with Crippen molar-refractivity contribution in [1.29, 1.82) is 0 Å². The van der Waals surface area contributed by atoms with E-state index in [0.717, 1.165) is 5.92 Å². The van der Waals surface area contributed by atoms with Crippen molar-refractivity contribution in [2.45, 2.75) is 41.0 Å². The third-order valence-corrected chi connectivity index (χ3v) is 1.73. The Kier molecular flexibility index (Phi) is 6.30. The molecule has 0 aliphatic heterocycles. The van der Waals surface area contributed by atoms with Crippen LogP contribution in [0.2, 0.25) is 0 Å². The van der Waals surface area contributed by atoms with Crippen LogP contribution in [0, 0.1) is 12.8 Å². The zero-order valence-electron chi connectivity index (χ0n) is 9.59. The van der Waals surface area contributed by atoms with Crippen molar-refractivity contribution in [2.24, 2.45) is 5.92 Å². The van der Waals surface area contributed by atoms with Gasteiger partial charge in [0.15, 0.2) is 0 Å². The summed E-state index contributed by atoms with van der Waals surface area (Å²) in [6.45, 7) is 10.6. The molecule has 0 spiro atoms. The molecule has 0 aromatic heterocycles. The average molecular weight is 178 g/mol. The summed E-state index contributed by atoms with van der Waals surface area (Å²) in [7, 11) is 0. The van der Waals surface area contributed by atoms with Crippen molar-refractivity contribution in [1.82, 2.24) is 0 Å². The van der Waals surface area contributed by atoms with E-state index in [1.165, 1.54) is 17.5 Å². The Morgan fingerprint density at radius 2 is 1.77 bits per heavy atom. The van der Waals surface area contributed by atoms with Crippen LogP contribution in [0.3, 0.4) is 0 Å². The van der Waals surface area contributed by atoms with Crippen LogP contribution in [0.1, 0.15) is 38.8 Å². The fraction of sp³-hybridized carbons (Fsp3) is 0.538. The summed E-state index contributed by atoms with van der Waals surface area (Å²) < 4.78 is 0. The van der Waals surface area contributed by atoms with E-state index in [0.29, 0.717) is 0 Å². The van der Waals surface area contributed by atoms with Crippen molar-refractivity contribution in [3.63, 3.8) is 0 Å². The van der Waals surface area contributed by atoms with E-state index in [1.807, 2.05) is 13.8 Å².